The van der Waals surface area contributed by atoms with Gasteiger partial charge in [-0.25, -0.2) is 0 Å². The summed E-state index contributed by atoms with van der Waals surface area (Å²) in [4.78, 5) is 24.5. The summed E-state index contributed by atoms with van der Waals surface area (Å²) in [5.74, 6) is -0.318. The molecule has 2 amide bonds. The molecule has 0 bridgehead atoms. The van der Waals surface area contributed by atoms with Crippen LogP contribution in [0.1, 0.15) is 26.7 Å². The lowest BCUT2D eigenvalue weighted by Gasteiger charge is -2.37. The summed E-state index contributed by atoms with van der Waals surface area (Å²) in [5.41, 5.74) is -0.713. The highest BCUT2D eigenvalue weighted by atomic mass is 16.2. The van der Waals surface area contributed by atoms with Crippen molar-refractivity contribution in [3.05, 3.63) is 18.5 Å². The number of amides is 2. The molecule has 116 valence electrons. The highest BCUT2D eigenvalue weighted by Gasteiger charge is 2.42. The van der Waals surface area contributed by atoms with Crippen molar-refractivity contribution in [3.8, 4) is 0 Å². The fraction of sp³-hybridized carbons (Fsp3) is 0.643. The van der Waals surface area contributed by atoms with Crippen LogP contribution in [0.2, 0.25) is 0 Å². The normalized spacial score (nSPS) is 18.8. The summed E-state index contributed by atoms with van der Waals surface area (Å²) in [6, 6.07) is 1.25. The number of carbonyl (C=O) groups excluding carboxylic acids is 2. The topological polar surface area (TPSA) is 88.1 Å². The molecule has 7 heteroatoms. The van der Waals surface area contributed by atoms with Crippen molar-refractivity contribution in [2.24, 2.45) is 0 Å². The van der Waals surface area contributed by atoms with Gasteiger partial charge in [0.05, 0.1) is 0 Å². The van der Waals surface area contributed by atoms with Gasteiger partial charge in [-0.1, -0.05) is 0 Å². The zero-order chi connectivity index (χ0) is 15.3. The molecule has 1 aliphatic rings. The SMILES string of the molecule is CCNC(=O)C(C)NC(=O)C1(n2cccn2)CCNCC1. The summed E-state index contributed by atoms with van der Waals surface area (Å²) < 4.78 is 1.72. The molecule has 2 rings (SSSR count). The van der Waals surface area contributed by atoms with Crippen LogP contribution in [0, 0.1) is 0 Å². The molecule has 1 saturated heterocycles. The molecule has 7 nitrogen and oxygen atoms in total. The van der Waals surface area contributed by atoms with Crippen molar-refractivity contribution in [1.29, 1.82) is 0 Å². The molecule has 0 spiro atoms. The molecule has 0 saturated carbocycles. The lowest BCUT2D eigenvalue weighted by atomic mass is 9.87. The van der Waals surface area contributed by atoms with E-state index in [4.69, 9.17) is 0 Å². The van der Waals surface area contributed by atoms with Crippen molar-refractivity contribution < 1.29 is 9.59 Å². The van der Waals surface area contributed by atoms with Crippen LogP contribution in [0.15, 0.2) is 18.5 Å². The molecule has 1 aliphatic heterocycles. The Labute approximate surface area is 124 Å². The molecule has 1 fully saturated rings. The van der Waals surface area contributed by atoms with Crippen LogP contribution in [0.5, 0.6) is 0 Å². The third-order valence-electron chi connectivity index (χ3n) is 3.89. The first-order valence-corrected chi connectivity index (χ1v) is 7.39. The summed E-state index contributed by atoms with van der Waals surface area (Å²) in [7, 11) is 0. The monoisotopic (exact) mass is 293 g/mol. The summed E-state index contributed by atoms with van der Waals surface area (Å²) >= 11 is 0. The molecule has 1 aromatic heterocycles. The molecule has 0 aromatic carbocycles. The minimum atomic E-state index is -0.713. The van der Waals surface area contributed by atoms with Gasteiger partial charge in [-0.05, 0) is 45.8 Å². The van der Waals surface area contributed by atoms with E-state index in [2.05, 4.69) is 21.0 Å². The number of piperidine rings is 1. The maximum absolute atomic E-state index is 12.8. The average molecular weight is 293 g/mol. The van der Waals surface area contributed by atoms with E-state index in [1.54, 1.807) is 17.8 Å². The third-order valence-corrected chi connectivity index (χ3v) is 3.89. The van der Waals surface area contributed by atoms with E-state index in [0.717, 1.165) is 13.1 Å². The average Bonchev–Trinajstić information content (AvgIpc) is 3.02. The highest BCUT2D eigenvalue weighted by molar-refractivity contribution is 5.90. The zero-order valence-corrected chi connectivity index (χ0v) is 12.6. The smallest absolute Gasteiger partial charge is 0.248 e. The van der Waals surface area contributed by atoms with Crippen molar-refractivity contribution in [1.82, 2.24) is 25.7 Å². The lowest BCUT2D eigenvalue weighted by Crippen LogP contribution is -2.58. The Balaban J connectivity index is 2.14. The molecule has 3 N–H and O–H groups in total. The first kappa shape index (κ1) is 15.5. The van der Waals surface area contributed by atoms with Gasteiger partial charge >= 0.3 is 0 Å². The summed E-state index contributed by atoms with van der Waals surface area (Å²) in [6.07, 6.45) is 4.79. The second-order valence-electron chi connectivity index (χ2n) is 5.32. The Morgan fingerprint density at radius 3 is 2.71 bits per heavy atom. The molecule has 1 aromatic rings. The number of nitrogens with one attached hydrogen (secondary N) is 3. The Kier molecular flexibility index (Phi) is 4.95. The van der Waals surface area contributed by atoms with Gasteiger partial charge in [0.2, 0.25) is 11.8 Å². The Morgan fingerprint density at radius 1 is 1.43 bits per heavy atom. The summed E-state index contributed by atoms with van der Waals surface area (Å²) in [5, 5.41) is 13.0. The predicted molar refractivity (Wildman–Crippen MR) is 78.6 cm³/mol. The molecular weight excluding hydrogens is 270 g/mol. The van der Waals surface area contributed by atoms with Gasteiger partial charge in [0.15, 0.2) is 0 Å². The first-order valence-electron chi connectivity index (χ1n) is 7.39. The van der Waals surface area contributed by atoms with E-state index in [0.29, 0.717) is 19.4 Å². The van der Waals surface area contributed by atoms with Gasteiger partial charge in [-0.15, -0.1) is 0 Å². The van der Waals surface area contributed by atoms with Gasteiger partial charge in [-0.2, -0.15) is 5.10 Å². The second-order valence-corrected chi connectivity index (χ2v) is 5.32. The third kappa shape index (κ3) is 3.24. The van der Waals surface area contributed by atoms with Crippen molar-refractivity contribution in [2.75, 3.05) is 19.6 Å². The number of nitrogens with zero attached hydrogens (tertiary/aromatic N) is 2. The largest absolute Gasteiger partial charge is 0.355 e. The molecule has 1 atom stereocenters. The number of hydrogen-bond donors (Lipinski definition) is 3. The van der Waals surface area contributed by atoms with Gasteiger partial charge in [0.1, 0.15) is 11.6 Å². The van der Waals surface area contributed by atoms with E-state index < -0.39 is 11.6 Å². The summed E-state index contributed by atoms with van der Waals surface area (Å²) in [6.45, 7) is 5.60. The molecule has 21 heavy (non-hydrogen) atoms. The maximum Gasteiger partial charge on any atom is 0.248 e. The van der Waals surface area contributed by atoms with Crippen LogP contribution in [0.4, 0.5) is 0 Å². The lowest BCUT2D eigenvalue weighted by molar-refractivity contribution is -0.135. The van der Waals surface area contributed by atoms with Crippen LogP contribution in [-0.2, 0) is 15.1 Å². The van der Waals surface area contributed by atoms with E-state index >= 15 is 0 Å². The highest BCUT2D eigenvalue weighted by Crippen LogP contribution is 2.27. The van der Waals surface area contributed by atoms with E-state index in [-0.39, 0.29) is 11.8 Å². The van der Waals surface area contributed by atoms with E-state index in [9.17, 15) is 9.59 Å². The van der Waals surface area contributed by atoms with Crippen molar-refractivity contribution in [2.45, 2.75) is 38.3 Å². The van der Waals surface area contributed by atoms with E-state index in [1.807, 2.05) is 19.2 Å². The molecule has 0 radical (unpaired) electrons. The van der Waals surface area contributed by atoms with Gasteiger partial charge in [-0.3, -0.25) is 14.3 Å². The van der Waals surface area contributed by atoms with Crippen LogP contribution in [-0.4, -0.2) is 47.3 Å². The predicted octanol–water partition coefficient (Wildman–Crippen LogP) is -0.397. The number of rotatable bonds is 5. The fourth-order valence-corrected chi connectivity index (χ4v) is 2.65. The quantitative estimate of drug-likeness (QED) is 0.689. The Hall–Kier alpha value is -1.89. The maximum atomic E-state index is 12.8. The van der Waals surface area contributed by atoms with Gasteiger partial charge < -0.3 is 16.0 Å². The number of likely N-dealkylation sites (N-methyl/N-ethyl adjacent to an activating group) is 1. The number of aromatic nitrogens is 2. The molecule has 0 aliphatic carbocycles. The van der Waals surface area contributed by atoms with Crippen LogP contribution in [0.25, 0.3) is 0 Å². The minimum Gasteiger partial charge on any atom is -0.355 e. The minimum absolute atomic E-state index is 0.147. The van der Waals surface area contributed by atoms with Crippen molar-refractivity contribution >= 4 is 11.8 Å². The molecule has 2 heterocycles. The number of carbonyl (C=O) groups is 2. The van der Waals surface area contributed by atoms with Crippen LogP contribution >= 0.6 is 0 Å². The fourth-order valence-electron chi connectivity index (χ4n) is 2.65. The Morgan fingerprint density at radius 2 is 2.14 bits per heavy atom. The van der Waals surface area contributed by atoms with E-state index in [1.165, 1.54) is 0 Å². The van der Waals surface area contributed by atoms with Gasteiger partial charge in [0.25, 0.3) is 0 Å². The molecule has 1 unspecified atom stereocenters. The first-order chi connectivity index (χ1) is 10.1. The van der Waals surface area contributed by atoms with Gasteiger partial charge in [0, 0.05) is 18.9 Å². The van der Waals surface area contributed by atoms with Crippen molar-refractivity contribution in [3.63, 3.8) is 0 Å². The van der Waals surface area contributed by atoms with Crippen LogP contribution < -0.4 is 16.0 Å². The zero-order valence-electron chi connectivity index (χ0n) is 12.6. The second kappa shape index (κ2) is 6.71. The standard InChI is InChI=1S/C14H23N5O2/c1-3-16-12(20)11(2)18-13(21)14(5-8-15-9-6-14)19-10-4-7-17-19/h4,7,10-11,15H,3,5-6,8-9H2,1-2H3,(H,16,20)(H,18,21). The Bertz CT molecular complexity index is 480. The molecular formula is C14H23N5O2. The number of hydrogen-bond acceptors (Lipinski definition) is 4. The van der Waals surface area contributed by atoms with Crippen LogP contribution in [0.3, 0.4) is 0 Å².